The first-order chi connectivity index (χ1) is 13.5. The van der Waals surface area contributed by atoms with Gasteiger partial charge in [-0.15, -0.1) is 0 Å². The number of aliphatic hydroxyl groups excluding tert-OH is 1. The molecule has 0 aromatic carbocycles. The van der Waals surface area contributed by atoms with Crippen molar-refractivity contribution in [1.29, 1.82) is 0 Å². The first-order valence-electron chi connectivity index (χ1n) is 10.4. The van der Waals surface area contributed by atoms with E-state index in [1.807, 2.05) is 19.2 Å². The minimum absolute atomic E-state index is 0.0462. The molecule has 0 spiro atoms. The van der Waals surface area contributed by atoms with Crippen molar-refractivity contribution in [3.8, 4) is 0 Å². The van der Waals surface area contributed by atoms with Crippen LogP contribution in [0.5, 0.6) is 0 Å². The maximum absolute atomic E-state index is 12.9. The summed E-state index contributed by atoms with van der Waals surface area (Å²) in [7, 11) is 1.81. The Kier molecular flexibility index (Phi) is 7.51. The molecule has 2 saturated heterocycles. The number of likely N-dealkylation sites (N-methyl/N-ethyl adjacent to an activating group) is 1. The number of nitrogens with one attached hydrogen (secondary N) is 1. The van der Waals surface area contributed by atoms with Crippen molar-refractivity contribution in [2.75, 3.05) is 40.0 Å². The Balaban J connectivity index is 1.45. The highest BCUT2D eigenvalue weighted by Crippen LogP contribution is 2.34. The molecular formula is C21H34N2O5. The minimum Gasteiger partial charge on any atom is -0.492 e. The number of rotatable bonds is 8. The van der Waals surface area contributed by atoms with Crippen LogP contribution in [0.3, 0.4) is 0 Å². The molecule has 158 valence electrons. The topological polar surface area (TPSA) is 80.3 Å². The molecule has 0 saturated carbocycles. The van der Waals surface area contributed by atoms with Gasteiger partial charge in [-0.25, -0.2) is 0 Å². The van der Waals surface area contributed by atoms with E-state index in [2.05, 4.69) is 18.3 Å². The van der Waals surface area contributed by atoms with Crippen LogP contribution < -0.4 is 5.32 Å². The zero-order valence-corrected chi connectivity index (χ0v) is 17.1. The number of amides is 1. The molecule has 3 rings (SSSR count). The van der Waals surface area contributed by atoms with Gasteiger partial charge < -0.3 is 29.5 Å². The standard InChI is InChI=1S/C21H34N2O5/c1-21(19(22-2)20(25)23-11-8-16(24)15-23)9-6-17(7-10-21)26-13-14-28-18-5-3-4-12-27-18/h6-7,9,16,18-19,22,24H,3-5,8,10-15H2,1-2H3/t16-,18?,19+,21?/m0/s1. The number of β-amino-alcohol motifs (C(OH)–C–C–N with tert-alkyl or cyclic N) is 1. The summed E-state index contributed by atoms with van der Waals surface area (Å²) in [5.74, 6) is 0.856. The number of carbonyl (C=O) groups is 1. The molecule has 2 N–H and O–H groups in total. The molecule has 0 radical (unpaired) electrons. The number of likely N-dealkylation sites (tertiary alicyclic amines) is 1. The summed E-state index contributed by atoms with van der Waals surface area (Å²) in [6.45, 7) is 4.87. The van der Waals surface area contributed by atoms with Gasteiger partial charge in [0.05, 0.1) is 18.8 Å². The molecule has 2 aliphatic heterocycles. The minimum atomic E-state index is -0.405. The van der Waals surface area contributed by atoms with Gasteiger partial charge in [0.25, 0.3) is 0 Å². The fraction of sp³-hybridized carbons (Fsp3) is 0.762. The molecule has 7 nitrogen and oxygen atoms in total. The van der Waals surface area contributed by atoms with Crippen LogP contribution in [0.1, 0.15) is 39.0 Å². The molecule has 28 heavy (non-hydrogen) atoms. The highest BCUT2D eigenvalue weighted by atomic mass is 16.7. The summed E-state index contributed by atoms with van der Waals surface area (Å²) in [4.78, 5) is 14.7. The fourth-order valence-corrected chi connectivity index (χ4v) is 4.09. The van der Waals surface area contributed by atoms with Crippen LogP contribution in [0.2, 0.25) is 0 Å². The zero-order valence-electron chi connectivity index (χ0n) is 17.1. The Labute approximate surface area is 167 Å². The summed E-state index contributed by atoms with van der Waals surface area (Å²) in [6, 6.07) is -0.335. The van der Waals surface area contributed by atoms with Gasteiger partial charge in [-0.1, -0.05) is 13.0 Å². The first kappa shape index (κ1) is 21.3. The van der Waals surface area contributed by atoms with Crippen molar-refractivity contribution in [1.82, 2.24) is 10.2 Å². The van der Waals surface area contributed by atoms with E-state index < -0.39 is 6.10 Å². The maximum Gasteiger partial charge on any atom is 0.240 e. The normalized spacial score (nSPS) is 31.5. The third-order valence-electron chi connectivity index (χ3n) is 5.84. The number of aliphatic hydroxyl groups is 1. The summed E-state index contributed by atoms with van der Waals surface area (Å²) in [6.07, 6.45) is 10.1. The second-order valence-corrected chi connectivity index (χ2v) is 8.11. The summed E-state index contributed by atoms with van der Waals surface area (Å²) < 4.78 is 17.0. The largest absolute Gasteiger partial charge is 0.492 e. The molecule has 3 aliphatic rings. The van der Waals surface area contributed by atoms with Crippen molar-refractivity contribution in [3.05, 3.63) is 24.0 Å². The van der Waals surface area contributed by atoms with Crippen molar-refractivity contribution in [3.63, 3.8) is 0 Å². The lowest BCUT2D eigenvalue weighted by Crippen LogP contribution is -2.53. The lowest BCUT2D eigenvalue weighted by atomic mass is 9.76. The Morgan fingerprint density at radius 1 is 1.43 bits per heavy atom. The SMILES string of the molecule is CN[C@H](C(=O)N1CC[C@H](O)C1)C1(C)C=CC(OCCOC2CCCCO2)=CC1. The predicted octanol–water partition coefficient (Wildman–Crippen LogP) is 1.58. The Morgan fingerprint density at radius 3 is 2.89 bits per heavy atom. The monoisotopic (exact) mass is 394 g/mol. The van der Waals surface area contributed by atoms with E-state index in [1.54, 1.807) is 4.90 Å². The number of hydrogen-bond acceptors (Lipinski definition) is 6. The lowest BCUT2D eigenvalue weighted by Gasteiger charge is -2.37. The van der Waals surface area contributed by atoms with E-state index in [0.717, 1.165) is 31.6 Å². The second kappa shape index (κ2) is 9.87. The van der Waals surface area contributed by atoms with E-state index in [9.17, 15) is 9.90 Å². The van der Waals surface area contributed by atoms with Gasteiger partial charge in [0.15, 0.2) is 6.29 Å². The van der Waals surface area contributed by atoms with Gasteiger partial charge in [-0.3, -0.25) is 4.79 Å². The van der Waals surface area contributed by atoms with E-state index in [-0.39, 0.29) is 23.7 Å². The van der Waals surface area contributed by atoms with Gasteiger partial charge >= 0.3 is 0 Å². The number of hydrogen-bond donors (Lipinski definition) is 2. The molecule has 4 atom stereocenters. The second-order valence-electron chi connectivity index (χ2n) is 8.11. The van der Waals surface area contributed by atoms with Crippen LogP contribution in [0.4, 0.5) is 0 Å². The van der Waals surface area contributed by atoms with Crippen molar-refractivity contribution in [2.45, 2.75) is 57.5 Å². The average Bonchev–Trinajstić information content (AvgIpc) is 3.14. The summed E-state index contributed by atoms with van der Waals surface area (Å²) >= 11 is 0. The van der Waals surface area contributed by atoms with Gasteiger partial charge in [0.2, 0.25) is 5.91 Å². The van der Waals surface area contributed by atoms with Crippen molar-refractivity contribution < 1.29 is 24.1 Å². The average molecular weight is 395 g/mol. The summed E-state index contributed by atoms with van der Waals surface area (Å²) in [5.41, 5.74) is -0.335. The molecule has 1 amide bonds. The van der Waals surface area contributed by atoms with Gasteiger partial charge in [-0.05, 0) is 51.3 Å². The molecule has 1 aliphatic carbocycles. The van der Waals surface area contributed by atoms with E-state index >= 15 is 0 Å². The van der Waals surface area contributed by atoms with Gasteiger partial charge in [-0.2, -0.15) is 0 Å². The maximum atomic E-state index is 12.9. The van der Waals surface area contributed by atoms with Crippen LogP contribution in [-0.2, 0) is 19.0 Å². The predicted molar refractivity (Wildman–Crippen MR) is 105 cm³/mol. The molecule has 2 heterocycles. The number of ether oxygens (including phenoxy) is 3. The van der Waals surface area contributed by atoms with Crippen molar-refractivity contribution >= 4 is 5.91 Å². The van der Waals surface area contributed by atoms with E-state index in [4.69, 9.17) is 14.2 Å². The smallest absolute Gasteiger partial charge is 0.240 e. The Morgan fingerprint density at radius 2 is 2.29 bits per heavy atom. The molecule has 7 heteroatoms. The number of allylic oxidation sites excluding steroid dienone is 2. The third-order valence-corrected chi connectivity index (χ3v) is 5.84. The molecule has 0 aromatic heterocycles. The van der Waals surface area contributed by atoms with Crippen molar-refractivity contribution in [2.24, 2.45) is 5.41 Å². The van der Waals surface area contributed by atoms with Crippen LogP contribution >= 0.6 is 0 Å². The number of nitrogens with zero attached hydrogens (tertiary/aromatic N) is 1. The van der Waals surface area contributed by atoms with Crippen LogP contribution in [0.15, 0.2) is 24.0 Å². The quantitative estimate of drug-likeness (QED) is 0.609. The molecule has 2 fully saturated rings. The molecule has 0 aromatic rings. The zero-order chi connectivity index (χ0) is 20.0. The van der Waals surface area contributed by atoms with E-state index in [0.29, 0.717) is 39.1 Å². The fourth-order valence-electron chi connectivity index (χ4n) is 4.09. The first-order valence-corrected chi connectivity index (χ1v) is 10.4. The molecule has 2 unspecified atom stereocenters. The number of carbonyl (C=O) groups excluding carboxylic acids is 1. The Hall–Kier alpha value is -1.41. The summed E-state index contributed by atoms with van der Waals surface area (Å²) in [5, 5.41) is 12.9. The third kappa shape index (κ3) is 5.35. The Bertz CT molecular complexity index is 587. The van der Waals surface area contributed by atoms with Crippen LogP contribution in [-0.4, -0.2) is 74.3 Å². The lowest BCUT2D eigenvalue weighted by molar-refractivity contribution is -0.167. The van der Waals surface area contributed by atoms with Gasteiger partial charge in [0.1, 0.15) is 12.4 Å². The van der Waals surface area contributed by atoms with Gasteiger partial charge in [0, 0.05) is 25.1 Å². The highest BCUT2D eigenvalue weighted by molar-refractivity contribution is 5.83. The highest BCUT2D eigenvalue weighted by Gasteiger charge is 2.40. The molecular weight excluding hydrogens is 360 g/mol. The van der Waals surface area contributed by atoms with Crippen LogP contribution in [0.25, 0.3) is 0 Å². The van der Waals surface area contributed by atoms with E-state index in [1.165, 1.54) is 0 Å². The van der Waals surface area contributed by atoms with Crippen LogP contribution in [0, 0.1) is 5.41 Å². The molecule has 0 bridgehead atoms.